The zero-order chi connectivity index (χ0) is 16.2. The molecule has 1 aliphatic carbocycles. The molecule has 1 aromatic heterocycles. The lowest BCUT2D eigenvalue weighted by Crippen LogP contribution is -2.42. The van der Waals surface area contributed by atoms with Crippen molar-refractivity contribution < 1.29 is 9.18 Å². The van der Waals surface area contributed by atoms with E-state index >= 15 is 0 Å². The summed E-state index contributed by atoms with van der Waals surface area (Å²) in [5.41, 5.74) is 7.78. The van der Waals surface area contributed by atoms with Gasteiger partial charge in [-0.15, -0.1) is 0 Å². The van der Waals surface area contributed by atoms with Gasteiger partial charge in [0.2, 0.25) is 0 Å². The SMILES string of the molecule is N[C@H]1CCCC(NC(=O)c2ccc(-c3cccc(F)c3)nc2)C1. The first-order valence-electron chi connectivity index (χ1n) is 7.90. The Balaban J connectivity index is 1.68. The summed E-state index contributed by atoms with van der Waals surface area (Å²) in [4.78, 5) is 16.5. The van der Waals surface area contributed by atoms with E-state index in [0.29, 0.717) is 16.8 Å². The number of amides is 1. The molecule has 0 spiro atoms. The number of aromatic nitrogens is 1. The number of nitrogens with zero attached hydrogens (tertiary/aromatic N) is 1. The molecule has 0 saturated heterocycles. The monoisotopic (exact) mass is 313 g/mol. The number of pyridine rings is 1. The van der Waals surface area contributed by atoms with Crippen LogP contribution in [0, 0.1) is 5.82 Å². The maximum atomic E-state index is 13.3. The van der Waals surface area contributed by atoms with Crippen LogP contribution in [0.3, 0.4) is 0 Å². The number of carbonyl (C=O) groups excluding carboxylic acids is 1. The minimum absolute atomic E-state index is 0.133. The van der Waals surface area contributed by atoms with Crippen LogP contribution in [0.2, 0.25) is 0 Å². The Morgan fingerprint density at radius 2 is 2.13 bits per heavy atom. The molecular weight excluding hydrogens is 293 g/mol. The summed E-state index contributed by atoms with van der Waals surface area (Å²) in [5.74, 6) is -0.442. The van der Waals surface area contributed by atoms with Crippen molar-refractivity contribution in [3.8, 4) is 11.3 Å². The zero-order valence-electron chi connectivity index (χ0n) is 12.8. The quantitative estimate of drug-likeness (QED) is 0.915. The van der Waals surface area contributed by atoms with Crippen molar-refractivity contribution in [2.24, 2.45) is 5.73 Å². The van der Waals surface area contributed by atoms with Gasteiger partial charge < -0.3 is 11.1 Å². The average molecular weight is 313 g/mol. The van der Waals surface area contributed by atoms with Crippen LogP contribution >= 0.6 is 0 Å². The molecule has 120 valence electrons. The van der Waals surface area contributed by atoms with Crippen molar-refractivity contribution in [1.29, 1.82) is 0 Å². The summed E-state index contributed by atoms with van der Waals surface area (Å²) in [6.45, 7) is 0. The third-order valence-electron chi connectivity index (χ3n) is 4.20. The van der Waals surface area contributed by atoms with Gasteiger partial charge in [-0.3, -0.25) is 9.78 Å². The number of nitrogens with one attached hydrogen (secondary N) is 1. The minimum Gasteiger partial charge on any atom is -0.349 e. The van der Waals surface area contributed by atoms with Crippen molar-refractivity contribution in [2.75, 3.05) is 0 Å². The van der Waals surface area contributed by atoms with Gasteiger partial charge in [-0.25, -0.2) is 4.39 Å². The first kappa shape index (κ1) is 15.6. The molecule has 1 fully saturated rings. The average Bonchev–Trinajstić information content (AvgIpc) is 2.55. The highest BCUT2D eigenvalue weighted by Gasteiger charge is 2.21. The van der Waals surface area contributed by atoms with E-state index in [2.05, 4.69) is 10.3 Å². The number of carbonyl (C=O) groups is 1. The molecule has 1 aliphatic rings. The van der Waals surface area contributed by atoms with Crippen molar-refractivity contribution in [2.45, 2.75) is 37.8 Å². The maximum Gasteiger partial charge on any atom is 0.253 e. The van der Waals surface area contributed by atoms with E-state index in [0.717, 1.165) is 25.7 Å². The van der Waals surface area contributed by atoms with Crippen LogP contribution in [0.5, 0.6) is 0 Å². The fourth-order valence-corrected chi connectivity index (χ4v) is 2.97. The molecule has 1 aromatic carbocycles. The predicted octanol–water partition coefficient (Wildman–Crippen LogP) is 2.89. The molecule has 5 heteroatoms. The lowest BCUT2D eigenvalue weighted by atomic mass is 9.91. The number of benzene rings is 1. The van der Waals surface area contributed by atoms with Crippen molar-refractivity contribution in [1.82, 2.24) is 10.3 Å². The van der Waals surface area contributed by atoms with Gasteiger partial charge in [-0.2, -0.15) is 0 Å². The summed E-state index contributed by atoms with van der Waals surface area (Å²) in [5, 5.41) is 3.01. The van der Waals surface area contributed by atoms with Gasteiger partial charge in [-0.05, 0) is 49.9 Å². The standard InChI is InChI=1S/C18H20FN3O/c19-14-4-1-3-12(9-14)17-8-7-13(11-21-17)18(23)22-16-6-2-5-15(20)10-16/h1,3-4,7-9,11,15-16H,2,5-6,10,20H2,(H,22,23)/t15-,16?/m0/s1. The van der Waals surface area contributed by atoms with Gasteiger partial charge >= 0.3 is 0 Å². The van der Waals surface area contributed by atoms with Crippen LogP contribution < -0.4 is 11.1 Å². The highest BCUT2D eigenvalue weighted by atomic mass is 19.1. The molecule has 3 N–H and O–H groups in total. The van der Waals surface area contributed by atoms with E-state index in [1.54, 1.807) is 24.3 Å². The third kappa shape index (κ3) is 3.93. The Morgan fingerprint density at radius 1 is 1.26 bits per heavy atom. The molecule has 1 amide bonds. The summed E-state index contributed by atoms with van der Waals surface area (Å²) in [7, 11) is 0. The maximum absolute atomic E-state index is 13.3. The lowest BCUT2D eigenvalue weighted by Gasteiger charge is -2.27. The van der Waals surface area contributed by atoms with Crippen LogP contribution in [0.4, 0.5) is 4.39 Å². The highest BCUT2D eigenvalue weighted by molar-refractivity contribution is 5.94. The van der Waals surface area contributed by atoms with Gasteiger partial charge in [0.05, 0.1) is 11.3 Å². The first-order valence-corrected chi connectivity index (χ1v) is 7.90. The third-order valence-corrected chi connectivity index (χ3v) is 4.20. The Bertz CT molecular complexity index is 687. The van der Waals surface area contributed by atoms with E-state index in [1.807, 2.05) is 0 Å². The molecule has 3 rings (SSSR count). The van der Waals surface area contributed by atoms with Gasteiger partial charge in [0, 0.05) is 23.8 Å². The molecule has 2 atom stereocenters. The van der Waals surface area contributed by atoms with E-state index in [-0.39, 0.29) is 23.8 Å². The van der Waals surface area contributed by atoms with Crippen LogP contribution in [-0.2, 0) is 0 Å². The topological polar surface area (TPSA) is 68.0 Å². The molecule has 1 saturated carbocycles. The fraction of sp³-hybridized carbons (Fsp3) is 0.333. The zero-order valence-corrected chi connectivity index (χ0v) is 12.8. The summed E-state index contributed by atoms with van der Waals surface area (Å²) in [6.07, 6.45) is 5.38. The smallest absolute Gasteiger partial charge is 0.253 e. The van der Waals surface area contributed by atoms with Crippen LogP contribution in [0.25, 0.3) is 11.3 Å². The number of halogens is 1. The Hall–Kier alpha value is -2.27. The molecule has 1 heterocycles. The molecule has 0 aliphatic heterocycles. The number of hydrogen-bond acceptors (Lipinski definition) is 3. The van der Waals surface area contributed by atoms with Crippen LogP contribution in [0.15, 0.2) is 42.6 Å². The Labute approximate surface area is 134 Å². The molecule has 23 heavy (non-hydrogen) atoms. The molecule has 1 unspecified atom stereocenters. The molecule has 2 aromatic rings. The summed E-state index contributed by atoms with van der Waals surface area (Å²) < 4.78 is 13.3. The van der Waals surface area contributed by atoms with E-state index in [9.17, 15) is 9.18 Å². The van der Waals surface area contributed by atoms with Gasteiger partial charge in [0.25, 0.3) is 5.91 Å². The molecule has 4 nitrogen and oxygen atoms in total. The van der Waals surface area contributed by atoms with Gasteiger partial charge in [-0.1, -0.05) is 12.1 Å². The highest BCUT2D eigenvalue weighted by Crippen LogP contribution is 2.19. The van der Waals surface area contributed by atoms with Crippen LogP contribution in [-0.4, -0.2) is 23.0 Å². The summed E-state index contributed by atoms with van der Waals surface area (Å²) in [6, 6.07) is 9.98. The van der Waals surface area contributed by atoms with Crippen LogP contribution in [0.1, 0.15) is 36.0 Å². The molecule has 0 radical (unpaired) electrons. The van der Waals surface area contributed by atoms with Crippen molar-refractivity contribution >= 4 is 5.91 Å². The van der Waals surface area contributed by atoms with Gasteiger partial charge in [0.1, 0.15) is 5.82 Å². The Morgan fingerprint density at radius 3 is 2.83 bits per heavy atom. The second-order valence-electron chi connectivity index (χ2n) is 6.04. The van der Waals surface area contributed by atoms with Crippen molar-refractivity contribution in [3.05, 3.63) is 54.0 Å². The minimum atomic E-state index is -0.306. The Kier molecular flexibility index (Phi) is 4.67. The summed E-state index contributed by atoms with van der Waals surface area (Å²) >= 11 is 0. The predicted molar refractivity (Wildman–Crippen MR) is 87.3 cm³/mol. The fourth-order valence-electron chi connectivity index (χ4n) is 2.97. The van der Waals surface area contributed by atoms with E-state index in [1.165, 1.54) is 18.3 Å². The second kappa shape index (κ2) is 6.87. The number of rotatable bonds is 3. The molecular formula is C18H20FN3O. The largest absolute Gasteiger partial charge is 0.349 e. The second-order valence-corrected chi connectivity index (χ2v) is 6.04. The van der Waals surface area contributed by atoms with Gasteiger partial charge in [0.15, 0.2) is 0 Å². The van der Waals surface area contributed by atoms with Crippen molar-refractivity contribution in [3.63, 3.8) is 0 Å². The van der Waals surface area contributed by atoms with E-state index in [4.69, 9.17) is 5.73 Å². The van der Waals surface area contributed by atoms with E-state index < -0.39 is 0 Å². The first-order chi connectivity index (χ1) is 11.1. The number of hydrogen-bond donors (Lipinski definition) is 2. The normalized spacial score (nSPS) is 21.0. The number of nitrogens with two attached hydrogens (primary N) is 1. The lowest BCUT2D eigenvalue weighted by molar-refractivity contribution is 0.0925. The molecule has 0 bridgehead atoms.